The number of hydrogen-bond donors (Lipinski definition) is 1. The summed E-state index contributed by atoms with van der Waals surface area (Å²) >= 11 is 5.89. The monoisotopic (exact) mass is 318 g/mol. The SMILES string of the molecule is CC(Nc1cc(C(F)(F)F)ccc1Cl)c1ccc(F)cn1. The third kappa shape index (κ3) is 3.85. The Morgan fingerprint density at radius 1 is 1.19 bits per heavy atom. The summed E-state index contributed by atoms with van der Waals surface area (Å²) in [5, 5.41) is 3.01. The van der Waals surface area contributed by atoms with Crippen LogP contribution in [0.15, 0.2) is 36.5 Å². The van der Waals surface area contributed by atoms with Gasteiger partial charge in [0.2, 0.25) is 0 Å². The van der Waals surface area contributed by atoms with Gasteiger partial charge in [-0.05, 0) is 37.3 Å². The van der Waals surface area contributed by atoms with Gasteiger partial charge in [0.05, 0.1) is 34.2 Å². The first-order chi connectivity index (χ1) is 9.77. The number of nitrogens with zero attached hydrogens (tertiary/aromatic N) is 1. The molecule has 0 fully saturated rings. The zero-order valence-electron chi connectivity index (χ0n) is 10.9. The van der Waals surface area contributed by atoms with Gasteiger partial charge in [0.25, 0.3) is 0 Å². The second kappa shape index (κ2) is 5.89. The molecule has 0 aliphatic heterocycles. The number of anilines is 1. The molecule has 0 spiro atoms. The second-order valence-electron chi connectivity index (χ2n) is 4.46. The summed E-state index contributed by atoms with van der Waals surface area (Å²) in [6, 6.07) is 5.28. The molecule has 1 unspecified atom stereocenters. The van der Waals surface area contributed by atoms with Crippen LogP contribution in [0, 0.1) is 5.82 Å². The Hall–Kier alpha value is -1.82. The molecule has 21 heavy (non-hydrogen) atoms. The van der Waals surface area contributed by atoms with E-state index in [0.29, 0.717) is 5.69 Å². The second-order valence-corrected chi connectivity index (χ2v) is 4.87. The number of halogens is 5. The lowest BCUT2D eigenvalue weighted by atomic mass is 10.1. The molecule has 1 N–H and O–H groups in total. The molecule has 0 amide bonds. The Labute approximate surface area is 123 Å². The molecule has 1 heterocycles. The van der Waals surface area contributed by atoms with E-state index in [9.17, 15) is 17.6 Å². The minimum Gasteiger partial charge on any atom is -0.376 e. The Kier molecular flexibility index (Phi) is 4.37. The predicted octanol–water partition coefficient (Wildman–Crippen LogP) is 5.07. The summed E-state index contributed by atoms with van der Waals surface area (Å²) in [4.78, 5) is 3.87. The van der Waals surface area contributed by atoms with Crippen LogP contribution in [0.3, 0.4) is 0 Å². The lowest BCUT2D eigenvalue weighted by molar-refractivity contribution is -0.137. The van der Waals surface area contributed by atoms with Gasteiger partial charge in [-0.2, -0.15) is 13.2 Å². The largest absolute Gasteiger partial charge is 0.416 e. The lowest BCUT2D eigenvalue weighted by Gasteiger charge is -2.17. The van der Waals surface area contributed by atoms with Crippen molar-refractivity contribution in [2.75, 3.05) is 5.32 Å². The Balaban J connectivity index is 2.24. The maximum atomic E-state index is 12.8. The van der Waals surface area contributed by atoms with Crippen molar-refractivity contribution in [2.24, 2.45) is 0 Å². The van der Waals surface area contributed by atoms with Crippen molar-refractivity contribution in [2.45, 2.75) is 19.1 Å². The first-order valence-corrected chi connectivity index (χ1v) is 6.40. The third-order valence-electron chi connectivity index (χ3n) is 2.86. The van der Waals surface area contributed by atoms with Crippen LogP contribution < -0.4 is 5.32 Å². The van der Waals surface area contributed by atoms with Crippen LogP contribution in [0.1, 0.15) is 24.2 Å². The summed E-state index contributed by atoms with van der Waals surface area (Å²) < 4.78 is 50.8. The van der Waals surface area contributed by atoms with E-state index < -0.39 is 23.6 Å². The van der Waals surface area contributed by atoms with Crippen molar-refractivity contribution in [3.05, 3.63) is 58.6 Å². The molecule has 0 saturated heterocycles. The van der Waals surface area contributed by atoms with E-state index in [1.54, 1.807) is 6.92 Å². The first-order valence-electron chi connectivity index (χ1n) is 6.02. The quantitative estimate of drug-likeness (QED) is 0.800. The van der Waals surface area contributed by atoms with Gasteiger partial charge in [0.15, 0.2) is 0 Å². The van der Waals surface area contributed by atoms with Gasteiger partial charge in [0, 0.05) is 0 Å². The van der Waals surface area contributed by atoms with Crippen LogP contribution in [0.5, 0.6) is 0 Å². The lowest BCUT2D eigenvalue weighted by Crippen LogP contribution is -2.11. The highest BCUT2D eigenvalue weighted by Gasteiger charge is 2.31. The zero-order valence-corrected chi connectivity index (χ0v) is 11.6. The van der Waals surface area contributed by atoms with E-state index in [1.165, 1.54) is 18.2 Å². The van der Waals surface area contributed by atoms with E-state index in [0.717, 1.165) is 18.3 Å². The fourth-order valence-electron chi connectivity index (χ4n) is 1.76. The van der Waals surface area contributed by atoms with Gasteiger partial charge in [-0.3, -0.25) is 4.98 Å². The molecule has 1 aromatic heterocycles. The van der Waals surface area contributed by atoms with Gasteiger partial charge in [-0.25, -0.2) is 4.39 Å². The molecular weight excluding hydrogens is 308 g/mol. The summed E-state index contributed by atoms with van der Waals surface area (Å²) in [6.07, 6.45) is -3.40. The first kappa shape index (κ1) is 15.6. The highest BCUT2D eigenvalue weighted by atomic mass is 35.5. The molecule has 0 aliphatic rings. The smallest absolute Gasteiger partial charge is 0.376 e. The number of nitrogens with one attached hydrogen (secondary N) is 1. The zero-order chi connectivity index (χ0) is 15.6. The maximum absolute atomic E-state index is 12.8. The molecule has 0 saturated carbocycles. The van der Waals surface area contributed by atoms with Crippen molar-refractivity contribution < 1.29 is 17.6 Å². The van der Waals surface area contributed by atoms with Crippen LogP contribution in [0.2, 0.25) is 5.02 Å². The minimum absolute atomic E-state index is 0.144. The molecule has 0 aliphatic carbocycles. The fourth-order valence-corrected chi connectivity index (χ4v) is 1.93. The Morgan fingerprint density at radius 2 is 1.90 bits per heavy atom. The number of alkyl halides is 3. The van der Waals surface area contributed by atoms with Gasteiger partial charge in [0.1, 0.15) is 5.82 Å². The molecule has 1 atom stereocenters. The number of hydrogen-bond acceptors (Lipinski definition) is 2. The van der Waals surface area contributed by atoms with Gasteiger partial charge >= 0.3 is 6.18 Å². The maximum Gasteiger partial charge on any atom is 0.416 e. The summed E-state index contributed by atoms with van der Waals surface area (Å²) in [7, 11) is 0. The molecule has 2 nitrogen and oxygen atoms in total. The Bertz CT molecular complexity index is 626. The summed E-state index contributed by atoms with van der Waals surface area (Å²) in [5.41, 5.74) is -0.163. The van der Waals surface area contributed by atoms with Crippen LogP contribution >= 0.6 is 11.6 Å². The average molecular weight is 319 g/mol. The van der Waals surface area contributed by atoms with Crippen molar-refractivity contribution in [1.29, 1.82) is 0 Å². The highest BCUT2D eigenvalue weighted by molar-refractivity contribution is 6.33. The van der Waals surface area contributed by atoms with E-state index >= 15 is 0 Å². The van der Waals surface area contributed by atoms with Gasteiger partial charge in [-0.15, -0.1) is 0 Å². The standard InChI is InChI=1S/C14H11ClF4N2/c1-8(12-5-3-10(16)7-20-12)21-13-6-9(14(17,18)19)2-4-11(13)15/h2-8,21H,1H3. The average Bonchev–Trinajstić information content (AvgIpc) is 2.40. The van der Waals surface area contributed by atoms with Crippen LogP contribution in [0.25, 0.3) is 0 Å². The number of pyridine rings is 1. The molecule has 2 aromatic rings. The molecule has 0 bridgehead atoms. The van der Waals surface area contributed by atoms with Crippen molar-refractivity contribution in [3.63, 3.8) is 0 Å². The van der Waals surface area contributed by atoms with Crippen LogP contribution in [0.4, 0.5) is 23.2 Å². The van der Waals surface area contributed by atoms with Crippen molar-refractivity contribution >= 4 is 17.3 Å². The van der Waals surface area contributed by atoms with Gasteiger partial charge in [-0.1, -0.05) is 11.6 Å². The predicted molar refractivity (Wildman–Crippen MR) is 72.7 cm³/mol. The Morgan fingerprint density at radius 3 is 2.48 bits per heavy atom. The fraction of sp³-hybridized carbons (Fsp3) is 0.214. The number of benzene rings is 1. The topological polar surface area (TPSA) is 24.9 Å². The van der Waals surface area contributed by atoms with E-state index in [-0.39, 0.29) is 10.7 Å². The van der Waals surface area contributed by atoms with E-state index in [1.807, 2.05) is 0 Å². The third-order valence-corrected chi connectivity index (χ3v) is 3.19. The van der Waals surface area contributed by atoms with Crippen LogP contribution in [-0.4, -0.2) is 4.98 Å². The highest BCUT2D eigenvalue weighted by Crippen LogP contribution is 2.34. The molecule has 7 heteroatoms. The molecular formula is C14H11ClF4N2. The molecule has 1 aromatic carbocycles. The van der Waals surface area contributed by atoms with Crippen molar-refractivity contribution in [1.82, 2.24) is 4.98 Å². The van der Waals surface area contributed by atoms with Crippen LogP contribution in [-0.2, 0) is 6.18 Å². The number of aromatic nitrogens is 1. The van der Waals surface area contributed by atoms with E-state index in [4.69, 9.17) is 11.6 Å². The number of rotatable bonds is 3. The molecule has 0 radical (unpaired) electrons. The van der Waals surface area contributed by atoms with Gasteiger partial charge < -0.3 is 5.32 Å². The normalized spacial score (nSPS) is 13.0. The summed E-state index contributed by atoms with van der Waals surface area (Å²) in [6.45, 7) is 1.69. The molecule has 2 rings (SSSR count). The summed E-state index contributed by atoms with van der Waals surface area (Å²) in [5.74, 6) is -0.483. The van der Waals surface area contributed by atoms with Crippen molar-refractivity contribution in [3.8, 4) is 0 Å². The molecule has 112 valence electrons. The van der Waals surface area contributed by atoms with E-state index in [2.05, 4.69) is 10.3 Å². The minimum atomic E-state index is -4.45.